The van der Waals surface area contributed by atoms with Gasteiger partial charge in [-0.25, -0.2) is 0 Å². The number of nitrogens with one attached hydrogen (secondary N) is 1. The van der Waals surface area contributed by atoms with Gasteiger partial charge in [-0.1, -0.05) is 42.8 Å². The average Bonchev–Trinajstić information content (AvgIpc) is 2.46. The van der Waals surface area contributed by atoms with Gasteiger partial charge in [-0.05, 0) is 82.8 Å². The van der Waals surface area contributed by atoms with Crippen LogP contribution < -0.4 is 5.32 Å². The van der Waals surface area contributed by atoms with Gasteiger partial charge in [0.1, 0.15) is 0 Å². The number of benzene rings is 2. The molecule has 2 unspecified atom stereocenters. The minimum Gasteiger partial charge on any atom is -0.310 e. The van der Waals surface area contributed by atoms with Crippen LogP contribution >= 0.6 is 34.2 Å². The van der Waals surface area contributed by atoms with Gasteiger partial charge in [0.25, 0.3) is 0 Å². The van der Waals surface area contributed by atoms with Crippen LogP contribution in [0.3, 0.4) is 0 Å². The Morgan fingerprint density at radius 2 is 2.10 bits per heavy atom. The van der Waals surface area contributed by atoms with Gasteiger partial charge in [-0.15, -0.1) is 0 Å². The molecule has 3 heteroatoms. The van der Waals surface area contributed by atoms with Gasteiger partial charge in [0.15, 0.2) is 0 Å². The average molecular weight is 412 g/mol. The maximum Gasteiger partial charge on any atom is 0.0410 e. The molecule has 3 rings (SSSR count). The molecule has 2 aromatic carbocycles. The van der Waals surface area contributed by atoms with Crippen molar-refractivity contribution < 1.29 is 0 Å². The monoisotopic (exact) mass is 411 g/mol. The summed E-state index contributed by atoms with van der Waals surface area (Å²) in [6.07, 6.45) is 2.34. The molecule has 21 heavy (non-hydrogen) atoms. The highest BCUT2D eigenvalue weighted by Gasteiger charge is 2.29. The van der Waals surface area contributed by atoms with Crippen LogP contribution in [0.1, 0.15) is 42.0 Å². The van der Waals surface area contributed by atoms with E-state index in [9.17, 15) is 0 Å². The van der Waals surface area contributed by atoms with Crippen molar-refractivity contribution in [3.05, 3.63) is 67.7 Å². The van der Waals surface area contributed by atoms with Crippen molar-refractivity contribution in [2.24, 2.45) is 0 Å². The Kier molecular flexibility index (Phi) is 4.87. The van der Waals surface area contributed by atoms with Gasteiger partial charge in [0, 0.05) is 14.6 Å². The Hall–Kier alpha value is -0.580. The summed E-state index contributed by atoms with van der Waals surface area (Å²) in [6, 6.07) is 15.4. The van der Waals surface area contributed by atoms with E-state index >= 15 is 0 Å². The Labute approximate surface area is 145 Å². The van der Waals surface area contributed by atoms with Crippen LogP contribution in [0.2, 0.25) is 5.02 Å². The third-order valence-corrected chi connectivity index (χ3v) is 5.48. The third-order valence-electron chi connectivity index (χ3n) is 4.27. The maximum atomic E-state index is 6.20. The molecule has 0 saturated carbocycles. The van der Waals surface area contributed by atoms with Gasteiger partial charge < -0.3 is 5.32 Å². The Balaban J connectivity index is 1.81. The fraction of sp³-hybridized carbons (Fsp3) is 0.333. The lowest BCUT2D eigenvalue weighted by Gasteiger charge is -2.34. The number of hydrogen-bond acceptors (Lipinski definition) is 1. The molecule has 0 fully saturated rings. The molecule has 2 atom stereocenters. The molecular weight excluding hydrogens is 393 g/mol. The van der Waals surface area contributed by atoms with Crippen LogP contribution in [0.4, 0.5) is 0 Å². The highest BCUT2D eigenvalue weighted by molar-refractivity contribution is 14.1. The van der Waals surface area contributed by atoms with Crippen LogP contribution in [0.5, 0.6) is 0 Å². The summed E-state index contributed by atoms with van der Waals surface area (Å²) >= 11 is 8.61. The molecule has 0 amide bonds. The topological polar surface area (TPSA) is 12.0 Å². The smallest absolute Gasteiger partial charge is 0.0410 e. The molecule has 1 aliphatic rings. The zero-order chi connectivity index (χ0) is 14.8. The molecule has 2 aromatic rings. The SMILES string of the molecule is CCNC(CC1Cc2ccccc21)c1cc(Cl)ccc1I. The summed E-state index contributed by atoms with van der Waals surface area (Å²) in [5.41, 5.74) is 4.37. The quantitative estimate of drug-likeness (QED) is 0.656. The van der Waals surface area contributed by atoms with Crippen molar-refractivity contribution in [2.45, 2.75) is 31.7 Å². The zero-order valence-electron chi connectivity index (χ0n) is 12.1. The van der Waals surface area contributed by atoms with Crippen LogP contribution in [0.25, 0.3) is 0 Å². The van der Waals surface area contributed by atoms with Crippen molar-refractivity contribution in [1.29, 1.82) is 0 Å². The molecule has 1 N–H and O–H groups in total. The second-order valence-electron chi connectivity index (χ2n) is 5.61. The molecular formula is C18H19ClIN. The van der Waals surface area contributed by atoms with E-state index in [0.717, 1.165) is 18.0 Å². The lowest BCUT2D eigenvalue weighted by molar-refractivity contribution is 0.435. The number of hydrogen-bond donors (Lipinski definition) is 1. The largest absolute Gasteiger partial charge is 0.310 e. The zero-order valence-corrected chi connectivity index (χ0v) is 15.0. The molecule has 1 nitrogen and oxygen atoms in total. The van der Waals surface area contributed by atoms with E-state index in [1.165, 1.54) is 26.7 Å². The first-order valence-corrected chi connectivity index (χ1v) is 8.91. The Bertz CT molecular complexity index is 641. The number of fused-ring (bicyclic) bond motifs is 1. The molecule has 0 aromatic heterocycles. The lowest BCUT2D eigenvalue weighted by atomic mass is 9.74. The van der Waals surface area contributed by atoms with Gasteiger partial charge >= 0.3 is 0 Å². The van der Waals surface area contributed by atoms with E-state index in [4.69, 9.17) is 11.6 Å². The normalized spacial score (nSPS) is 18.0. The van der Waals surface area contributed by atoms with Crippen molar-refractivity contribution in [3.63, 3.8) is 0 Å². The predicted octanol–water partition coefficient (Wildman–Crippen LogP) is 5.33. The summed E-state index contributed by atoms with van der Waals surface area (Å²) in [4.78, 5) is 0. The molecule has 0 aliphatic heterocycles. The standard InChI is InChI=1S/C18H19ClIN/c1-2-21-18(16-11-14(19)7-8-17(16)20)10-13-9-12-5-3-4-6-15(12)13/h3-8,11,13,18,21H,2,9-10H2,1H3. The van der Waals surface area contributed by atoms with Crippen molar-refractivity contribution in [3.8, 4) is 0 Å². The van der Waals surface area contributed by atoms with E-state index in [2.05, 4.69) is 71.2 Å². The number of halogens is 2. The van der Waals surface area contributed by atoms with Crippen LogP contribution in [-0.2, 0) is 6.42 Å². The number of rotatable bonds is 5. The van der Waals surface area contributed by atoms with Gasteiger partial charge in [0.05, 0.1) is 0 Å². The first-order valence-electron chi connectivity index (χ1n) is 7.45. The van der Waals surface area contributed by atoms with E-state index in [1.54, 1.807) is 0 Å². The highest BCUT2D eigenvalue weighted by Crippen LogP contribution is 2.41. The van der Waals surface area contributed by atoms with Crippen molar-refractivity contribution in [2.75, 3.05) is 6.54 Å². The summed E-state index contributed by atoms with van der Waals surface area (Å²) in [7, 11) is 0. The Morgan fingerprint density at radius 3 is 2.86 bits per heavy atom. The minimum atomic E-state index is 0.374. The lowest BCUT2D eigenvalue weighted by Crippen LogP contribution is -2.27. The molecule has 0 heterocycles. The van der Waals surface area contributed by atoms with Gasteiger partial charge in [-0.3, -0.25) is 0 Å². The second-order valence-corrected chi connectivity index (χ2v) is 7.21. The fourth-order valence-electron chi connectivity index (χ4n) is 3.21. The molecule has 0 radical (unpaired) electrons. The maximum absolute atomic E-state index is 6.20. The molecule has 1 aliphatic carbocycles. The van der Waals surface area contributed by atoms with E-state index in [-0.39, 0.29) is 0 Å². The van der Waals surface area contributed by atoms with Crippen molar-refractivity contribution in [1.82, 2.24) is 5.32 Å². The van der Waals surface area contributed by atoms with Gasteiger partial charge in [-0.2, -0.15) is 0 Å². The van der Waals surface area contributed by atoms with Gasteiger partial charge in [0.2, 0.25) is 0 Å². The fourth-order valence-corrected chi connectivity index (χ4v) is 4.10. The highest BCUT2D eigenvalue weighted by atomic mass is 127. The summed E-state index contributed by atoms with van der Waals surface area (Å²) in [6.45, 7) is 3.14. The van der Waals surface area contributed by atoms with E-state index in [1.807, 2.05) is 6.07 Å². The summed E-state index contributed by atoms with van der Waals surface area (Å²) in [5.74, 6) is 0.667. The van der Waals surface area contributed by atoms with Crippen LogP contribution in [0, 0.1) is 3.57 Å². The van der Waals surface area contributed by atoms with E-state index < -0.39 is 0 Å². The van der Waals surface area contributed by atoms with E-state index in [0.29, 0.717) is 12.0 Å². The van der Waals surface area contributed by atoms with Crippen molar-refractivity contribution >= 4 is 34.2 Å². The third kappa shape index (κ3) is 3.27. The summed E-state index contributed by atoms with van der Waals surface area (Å²) < 4.78 is 1.29. The predicted molar refractivity (Wildman–Crippen MR) is 98.1 cm³/mol. The van der Waals surface area contributed by atoms with Crippen LogP contribution in [0.15, 0.2) is 42.5 Å². The summed E-state index contributed by atoms with van der Waals surface area (Å²) in [5, 5.41) is 4.46. The Morgan fingerprint density at radius 1 is 1.29 bits per heavy atom. The molecule has 0 saturated heterocycles. The molecule has 0 spiro atoms. The first kappa shape index (κ1) is 15.3. The second kappa shape index (κ2) is 6.67. The minimum absolute atomic E-state index is 0.374. The first-order chi connectivity index (χ1) is 10.2. The molecule has 0 bridgehead atoms. The van der Waals surface area contributed by atoms with Crippen LogP contribution in [-0.4, -0.2) is 6.54 Å². The molecule has 110 valence electrons.